The summed E-state index contributed by atoms with van der Waals surface area (Å²) in [4.78, 5) is 32.3. The summed E-state index contributed by atoms with van der Waals surface area (Å²) in [6.07, 6.45) is 0.153. The van der Waals surface area contributed by atoms with Gasteiger partial charge in [0, 0.05) is 0 Å². The molecule has 0 aliphatic carbocycles. The first kappa shape index (κ1) is 19.8. The van der Waals surface area contributed by atoms with Crippen LogP contribution in [0.5, 0.6) is 0 Å². The number of para-hydroxylation sites is 2. The maximum Gasteiger partial charge on any atom is 0.408 e. The second-order valence-electron chi connectivity index (χ2n) is 7.43. The molecule has 0 spiro atoms. The van der Waals surface area contributed by atoms with E-state index in [4.69, 9.17) is 4.74 Å². The third-order valence-electron chi connectivity index (χ3n) is 4.04. The topological polar surface area (TPSA) is 96.1 Å². The average Bonchev–Trinajstić information content (AvgIpc) is 2.98. The maximum atomic E-state index is 12.6. The summed E-state index contributed by atoms with van der Waals surface area (Å²) in [5, 5.41) is 5.52. The first-order chi connectivity index (χ1) is 12.2. The summed E-state index contributed by atoms with van der Waals surface area (Å²) in [5.74, 6) is 0.378. The van der Waals surface area contributed by atoms with Crippen LogP contribution < -0.4 is 10.6 Å². The molecule has 26 heavy (non-hydrogen) atoms. The van der Waals surface area contributed by atoms with Gasteiger partial charge in [-0.2, -0.15) is 0 Å². The molecule has 1 aromatic carbocycles. The summed E-state index contributed by atoms with van der Waals surface area (Å²) in [6, 6.07) is 7.00. The number of benzene rings is 1. The number of aromatic amines is 1. The number of amides is 2. The molecule has 0 saturated heterocycles. The predicted octanol–water partition coefficient (Wildman–Crippen LogP) is 3.12. The molecule has 142 valence electrons. The normalized spacial score (nSPS) is 13.9. The van der Waals surface area contributed by atoms with Crippen LogP contribution >= 0.6 is 0 Å². The highest BCUT2D eigenvalue weighted by Gasteiger charge is 2.28. The summed E-state index contributed by atoms with van der Waals surface area (Å²) < 4.78 is 5.27. The minimum Gasteiger partial charge on any atom is -0.444 e. The van der Waals surface area contributed by atoms with Crippen LogP contribution in [0.1, 0.15) is 46.9 Å². The van der Waals surface area contributed by atoms with Crippen LogP contribution in [-0.2, 0) is 16.1 Å². The molecular weight excluding hydrogens is 332 g/mol. The van der Waals surface area contributed by atoms with Crippen LogP contribution in [0.25, 0.3) is 11.0 Å². The standard InChI is InChI=1S/C19H28N4O3/c1-6-12(2)16(23-18(25)26-19(3,4)5)17(24)20-11-15-21-13-9-7-8-10-14(13)22-15/h7-10,12,16H,6,11H2,1-5H3,(H,20,24)(H,21,22)(H,23,25). The van der Waals surface area contributed by atoms with E-state index >= 15 is 0 Å². The lowest BCUT2D eigenvalue weighted by atomic mass is 9.98. The fourth-order valence-electron chi connectivity index (χ4n) is 2.51. The zero-order chi connectivity index (χ0) is 19.3. The molecule has 2 aromatic rings. The minimum atomic E-state index is -0.667. The van der Waals surface area contributed by atoms with Gasteiger partial charge in [0.25, 0.3) is 0 Å². The Morgan fingerprint density at radius 2 is 1.96 bits per heavy atom. The highest BCUT2D eigenvalue weighted by atomic mass is 16.6. The van der Waals surface area contributed by atoms with E-state index < -0.39 is 17.7 Å². The fourth-order valence-corrected chi connectivity index (χ4v) is 2.51. The van der Waals surface area contributed by atoms with Gasteiger partial charge in [-0.15, -0.1) is 0 Å². The van der Waals surface area contributed by atoms with Crippen LogP contribution in [0.2, 0.25) is 0 Å². The molecule has 0 radical (unpaired) electrons. The summed E-state index contributed by atoms with van der Waals surface area (Å²) in [5.41, 5.74) is 1.15. The van der Waals surface area contributed by atoms with Crippen molar-refractivity contribution in [1.82, 2.24) is 20.6 Å². The molecule has 0 saturated carbocycles. The molecule has 2 unspecified atom stereocenters. The van der Waals surface area contributed by atoms with Crippen molar-refractivity contribution in [2.24, 2.45) is 5.92 Å². The fraction of sp³-hybridized carbons (Fsp3) is 0.526. The van der Waals surface area contributed by atoms with Crippen LogP contribution in [-0.4, -0.2) is 33.6 Å². The van der Waals surface area contributed by atoms with E-state index in [1.807, 2.05) is 38.1 Å². The summed E-state index contributed by atoms with van der Waals surface area (Å²) in [7, 11) is 0. The van der Waals surface area contributed by atoms with Gasteiger partial charge in [-0.3, -0.25) is 4.79 Å². The number of ether oxygens (including phenoxy) is 1. The van der Waals surface area contributed by atoms with Gasteiger partial charge in [0.2, 0.25) is 5.91 Å². The first-order valence-corrected chi connectivity index (χ1v) is 8.90. The van der Waals surface area contributed by atoms with Gasteiger partial charge in [0.05, 0.1) is 17.6 Å². The predicted molar refractivity (Wildman–Crippen MR) is 101 cm³/mol. The lowest BCUT2D eigenvalue weighted by Gasteiger charge is -2.26. The molecular formula is C19H28N4O3. The van der Waals surface area contributed by atoms with Gasteiger partial charge in [0.15, 0.2) is 0 Å². The number of alkyl carbamates (subject to hydrolysis) is 1. The van der Waals surface area contributed by atoms with Crippen LogP contribution in [0.3, 0.4) is 0 Å². The van der Waals surface area contributed by atoms with E-state index in [1.54, 1.807) is 20.8 Å². The number of H-pyrrole nitrogens is 1. The molecule has 7 nitrogen and oxygen atoms in total. The Morgan fingerprint density at radius 3 is 2.58 bits per heavy atom. The van der Waals surface area contributed by atoms with Crippen molar-refractivity contribution < 1.29 is 14.3 Å². The van der Waals surface area contributed by atoms with Crippen molar-refractivity contribution >= 4 is 23.0 Å². The Hall–Kier alpha value is -2.57. The van der Waals surface area contributed by atoms with Gasteiger partial charge >= 0.3 is 6.09 Å². The van der Waals surface area contributed by atoms with Crippen LogP contribution in [0, 0.1) is 5.92 Å². The SMILES string of the molecule is CCC(C)C(NC(=O)OC(C)(C)C)C(=O)NCc1nc2ccccc2[nH]1. The van der Waals surface area contributed by atoms with E-state index in [0.717, 1.165) is 17.5 Å². The van der Waals surface area contributed by atoms with Gasteiger partial charge < -0.3 is 20.4 Å². The van der Waals surface area contributed by atoms with E-state index in [0.29, 0.717) is 5.82 Å². The molecule has 1 aromatic heterocycles. The van der Waals surface area contributed by atoms with E-state index in [9.17, 15) is 9.59 Å². The minimum absolute atomic E-state index is 0.0295. The number of rotatable bonds is 6. The second kappa shape index (κ2) is 8.21. The number of carbonyl (C=O) groups excluding carboxylic acids is 2. The Balaban J connectivity index is 2.00. The number of imidazole rings is 1. The molecule has 2 amide bonds. The zero-order valence-electron chi connectivity index (χ0n) is 16.1. The van der Waals surface area contributed by atoms with E-state index in [-0.39, 0.29) is 18.4 Å². The molecule has 0 aliphatic rings. The van der Waals surface area contributed by atoms with E-state index in [2.05, 4.69) is 20.6 Å². The molecule has 2 rings (SSSR count). The third-order valence-corrected chi connectivity index (χ3v) is 4.04. The van der Waals surface area contributed by atoms with Crippen LogP contribution in [0.15, 0.2) is 24.3 Å². The van der Waals surface area contributed by atoms with Crippen molar-refractivity contribution in [3.05, 3.63) is 30.1 Å². The Morgan fingerprint density at radius 1 is 1.27 bits per heavy atom. The van der Waals surface area contributed by atoms with Gasteiger partial charge in [-0.05, 0) is 38.8 Å². The molecule has 7 heteroatoms. The number of hydrogen-bond acceptors (Lipinski definition) is 4. The molecule has 0 fully saturated rings. The van der Waals surface area contributed by atoms with Crippen molar-refractivity contribution in [1.29, 1.82) is 0 Å². The molecule has 3 N–H and O–H groups in total. The maximum absolute atomic E-state index is 12.6. The molecule has 2 atom stereocenters. The average molecular weight is 360 g/mol. The van der Waals surface area contributed by atoms with Gasteiger partial charge in [-0.25, -0.2) is 9.78 Å². The second-order valence-corrected chi connectivity index (χ2v) is 7.43. The highest BCUT2D eigenvalue weighted by Crippen LogP contribution is 2.13. The number of fused-ring (bicyclic) bond motifs is 1. The largest absolute Gasteiger partial charge is 0.444 e. The Kier molecular flexibility index (Phi) is 6.23. The number of aromatic nitrogens is 2. The number of nitrogens with one attached hydrogen (secondary N) is 3. The lowest BCUT2D eigenvalue weighted by Crippen LogP contribution is -2.51. The lowest BCUT2D eigenvalue weighted by molar-refractivity contribution is -0.124. The number of nitrogens with zero attached hydrogens (tertiary/aromatic N) is 1. The van der Waals surface area contributed by atoms with Crippen molar-refractivity contribution in [3.63, 3.8) is 0 Å². The molecule has 0 aliphatic heterocycles. The highest BCUT2D eigenvalue weighted by molar-refractivity contribution is 5.86. The smallest absolute Gasteiger partial charge is 0.408 e. The molecule has 1 heterocycles. The monoisotopic (exact) mass is 360 g/mol. The first-order valence-electron chi connectivity index (χ1n) is 8.90. The Labute approximate surface area is 153 Å². The van der Waals surface area contributed by atoms with Gasteiger partial charge in [0.1, 0.15) is 17.5 Å². The number of carbonyl (C=O) groups is 2. The van der Waals surface area contributed by atoms with Gasteiger partial charge in [-0.1, -0.05) is 32.4 Å². The quantitative estimate of drug-likeness (QED) is 0.737. The van der Waals surface area contributed by atoms with Crippen molar-refractivity contribution in [3.8, 4) is 0 Å². The zero-order valence-corrected chi connectivity index (χ0v) is 16.1. The third kappa shape index (κ3) is 5.47. The summed E-state index contributed by atoms with van der Waals surface area (Å²) >= 11 is 0. The van der Waals surface area contributed by atoms with Crippen molar-refractivity contribution in [2.45, 2.75) is 59.2 Å². The summed E-state index contributed by atoms with van der Waals surface area (Å²) in [6.45, 7) is 9.51. The number of hydrogen-bond donors (Lipinski definition) is 3. The Bertz CT molecular complexity index is 730. The van der Waals surface area contributed by atoms with E-state index in [1.165, 1.54) is 0 Å². The van der Waals surface area contributed by atoms with Crippen LogP contribution in [0.4, 0.5) is 4.79 Å². The van der Waals surface area contributed by atoms with Crippen molar-refractivity contribution in [2.75, 3.05) is 0 Å². The molecule has 0 bridgehead atoms.